The summed E-state index contributed by atoms with van der Waals surface area (Å²) in [6.07, 6.45) is 0.301. The molecule has 0 saturated carbocycles. The highest BCUT2D eigenvalue weighted by Gasteiger charge is 2.20. The van der Waals surface area contributed by atoms with E-state index in [0.717, 1.165) is 5.56 Å². The molecule has 4 heteroatoms. The standard InChI is InChI=1S/C15H18O4/c1-11(16)14(12(2)17)8-9-15(18)19-10-13-6-4-3-5-7-13/h3-7,14H,8-10H2,1-2H3. The second kappa shape index (κ2) is 7.46. The molecule has 1 rings (SSSR count). The zero-order valence-electron chi connectivity index (χ0n) is 11.2. The highest BCUT2D eigenvalue weighted by atomic mass is 16.5. The fraction of sp³-hybridized carbons (Fsp3) is 0.400. The second-order valence-corrected chi connectivity index (χ2v) is 4.46. The molecule has 0 heterocycles. The Bertz CT molecular complexity index is 436. The quantitative estimate of drug-likeness (QED) is 0.559. The number of carbonyl (C=O) groups is 3. The Morgan fingerprint density at radius 2 is 1.63 bits per heavy atom. The normalized spacial score (nSPS) is 10.3. The van der Waals surface area contributed by atoms with Crippen molar-refractivity contribution in [3.8, 4) is 0 Å². The maximum atomic E-state index is 11.5. The molecular formula is C15H18O4. The summed E-state index contributed by atoms with van der Waals surface area (Å²) in [7, 11) is 0. The van der Waals surface area contributed by atoms with E-state index in [-0.39, 0.29) is 31.0 Å². The molecule has 4 nitrogen and oxygen atoms in total. The molecule has 1 aromatic carbocycles. The van der Waals surface area contributed by atoms with Crippen LogP contribution in [0.1, 0.15) is 32.3 Å². The fourth-order valence-corrected chi connectivity index (χ4v) is 1.77. The molecule has 0 aromatic heterocycles. The smallest absolute Gasteiger partial charge is 0.306 e. The Morgan fingerprint density at radius 3 is 2.16 bits per heavy atom. The Hall–Kier alpha value is -1.97. The Morgan fingerprint density at radius 1 is 1.05 bits per heavy atom. The highest BCUT2D eigenvalue weighted by molar-refractivity contribution is 6.00. The molecule has 0 amide bonds. The Balaban J connectivity index is 2.35. The van der Waals surface area contributed by atoms with Crippen LogP contribution in [-0.2, 0) is 25.7 Å². The van der Waals surface area contributed by atoms with Gasteiger partial charge in [0, 0.05) is 6.42 Å². The molecule has 19 heavy (non-hydrogen) atoms. The van der Waals surface area contributed by atoms with E-state index in [9.17, 15) is 14.4 Å². The number of Topliss-reactive ketones (excluding diaryl/α,β-unsaturated/α-hetero) is 2. The van der Waals surface area contributed by atoms with Crippen molar-refractivity contribution >= 4 is 17.5 Å². The van der Waals surface area contributed by atoms with Gasteiger partial charge in [-0.2, -0.15) is 0 Å². The molecule has 0 bridgehead atoms. The summed E-state index contributed by atoms with van der Waals surface area (Å²) < 4.78 is 5.08. The van der Waals surface area contributed by atoms with E-state index in [4.69, 9.17) is 4.74 Å². The van der Waals surface area contributed by atoms with Gasteiger partial charge in [0.25, 0.3) is 0 Å². The molecule has 0 N–H and O–H groups in total. The van der Waals surface area contributed by atoms with Crippen LogP contribution in [0, 0.1) is 5.92 Å². The van der Waals surface area contributed by atoms with E-state index >= 15 is 0 Å². The van der Waals surface area contributed by atoms with Crippen LogP contribution < -0.4 is 0 Å². The zero-order chi connectivity index (χ0) is 14.3. The highest BCUT2D eigenvalue weighted by Crippen LogP contribution is 2.11. The summed E-state index contributed by atoms with van der Waals surface area (Å²) in [5, 5.41) is 0. The predicted molar refractivity (Wildman–Crippen MR) is 70.3 cm³/mol. The third-order valence-electron chi connectivity index (χ3n) is 2.86. The van der Waals surface area contributed by atoms with Gasteiger partial charge in [0.2, 0.25) is 0 Å². The number of ketones is 2. The Kier molecular flexibility index (Phi) is 5.93. The number of benzene rings is 1. The lowest BCUT2D eigenvalue weighted by Crippen LogP contribution is -2.21. The minimum absolute atomic E-state index is 0.0800. The van der Waals surface area contributed by atoms with Crippen molar-refractivity contribution in [2.45, 2.75) is 33.3 Å². The van der Waals surface area contributed by atoms with Crippen LogP contribution in [0.25, 0.3) is 0 Å². The minimum atomic E-state index is -0.690. The van der Waals surface area contributed by atoms with Crippen LogP contribution in [0.4, 0.5) is 0 Å². The van der Waals surface area contributed by atoms with Crippen molar-refractivity contribution in [1.82, 2.24) is 0 Å². The van der Waals surface area contributed by atoms with Gasteiger partial charge in [0.1, 0.15) is 18.2 Å². The van der Waals surface area contributed by atoms with Crippen molar-refractivity contribution in [3.63, 3.8) is 0 Å². The summed E-state index contributed by atoms with van der Waals surface area (Å²) in [5.74, 6) is -1.49. The van der Waals surface area contributed by atoms with Gasteiger partial charge in [-0.05, 0) is 25.8 Å². The van der Waals surface area contributed by atoms with E-state index < -0.39 is 11.9 Å². The van der Waals surface area contributed by atoms with Gasteiger partial charge in [0.05, 0.1) is 5.92 Å². The maximum Gasteiger partial charge on any atom is 0.306 e. The lowest BCUT2D eigenvalue weighted by Gasteiger charge is -2.09. The Labute approximate surface area is 112 Å². The second-order valence-electron chi connectivity index (χ2n) is 4.46. The molecule has 102 valence electrons. The van der Waals surface area contributed by atoms with Gasteiger partial charge >= 0.3 is 5.97 Å². The monoisotopic (exact) mass is 262 g/mol. The number of ether oxygens (including phenoxy) is 1. The molecule has 0 unspecified atom stereocenters. The number of esters is 1. The van der Waals surface area contributed by atoms with Crippen LogP contribution in [-0.4, -0.2) is 17.5 Å². The molecular weight excluding hydrogens is 244 g/mol. The SMILES string of the molecule is CC(=O)C(CCC(=O)OCc1ccccc1)C(C)=O. The van der Waals surface area contributed by atoms with Gasteiger partial charge in [-0.1, -0.05) is 30.3 Å². The summed E-state index contributed by atoms with van der Waals surface area (Å²) in [5.41, 5.74) is 0.908. The van der Waals surface area contributed by atoms with Crippen molar-refractivity contribution in [1.29, 1.82) is 0 Å². The van der Waals surface area contributed by atoms with Crippen molar-refractivity contribution < 1.29 is 19.1 Å². The number of hydrogen-bond acceptors (Lipinski definition) is 4. The molecule has 0 aliphatic rings. The minimum Gasteiger partial charge on any atom is -0.461 e. The van der Waals surface area contributed by atoms with E-state index in [1.54, 1.807) is 0 Å². The maximum absolute atomic E-state index is 11.5. The van der Waals surface area contributed by atoms with Crippen LogP contribution in [0.3, 0.4) is 0 Å². The van der Waals surface area contributed by atoms with Gasteiger partial charge in [-0.15, -0.1) is 0 Å². The average Bonchev–Trinajstić information content (AvgIpc) is 2.37. The van der Waals surface area contributed by atoms with Crippen molar-refractivity contribution in [3.05, 3.63) is 35.9 Å². The van der Waals surface area contributed by atoms with Gasteiger partial charge in [-0.3, -0.25) is 14.4 Å². The van der Waals surface area contributed by atoms with E-state index in [0.29, 0.717) is 0 Å². The number of carbonyl (C=O) groups excluding carboxylic acids is 3. The van der Waals surface area contributed by atoms with Crippen LogP contribution in [0.15, 0.2) is 30.3 Å². The van der Waals surface area contributed by atoms with E-state index in [1.807, 2.05) is 30.3 Å². The lowest BCUT2D eigenvalue weighted by atomic mass is 9.95. The molecule has 1 aromatic rings. The molecule has 0 spiro atoms. The topological polar surface area (TPSA) is 60.4 Å². The van der Waals surface area contributed by atoms with E-state index in [2.05, 4.69) is 0 Å². The molecule has 0 atom stereocenters. The summed E-state index contributed by atoms with van der Waals surface area (Å²) >= 11 is 0. The van der Waals surface area contributed by atoms with E-state index in [1.165, 1.54) is 13.8 Å². The molecule has 0 saturated heterocycles. The lowest BCUT2D eigenvalue weighted by molar-refractivity contribution is -0.145. The molecule has 0 aliphatic heterocycles. The fourth-order valence-electron chi connectivity index (χ4n) is 1.77. The largest absolute Gasteiger partial charge is 0.461 e. The van der Waals surface area contributed by atoms with Crippen LogP contribution >= 0.6 is 0 Å². The first kappa shape index (κ1) is 15.1. The first-order valence-corrected chi connectivity index (χ1v) is 6.21. The van der Waals surface area contributed by atoms with Crippen LogP contribution in [0.5, 0.6) is 0 Å². The van der Waals surface area contributed by atoms with Gasteiger partial charge in [0.15, 0.2) is 0 Å². The first-order chi connectivity index (χ1) is 9.00. The molecule has 0 fully saturated rings. The van der Waals surface area contributed by atoms with Gasteiger partial charge in [-0.25, -0.2) is 0 Å². The molecule has 0 aliphatic carbocycles. The van der Waals surface area contributed by atoms with Crippen LogP contribution in [0.2, 0.25) is 0 Å². The zero-order valence-corrected chi connectivity index (χ0v) is 11.2. The first-order valence-electron chi connectivity index (χ1n) is 6.21. The molecule has 0 radical (unpaired) electrons. The predicted octanol–water partition coefficient (Wildman–Crippen LogP) is 2.30. The number of hydrogen-bond donors (Lipinski definition) is 0. The van der Waals surface area contributed by atoms with Crippen molar-refractivity contribution in [2.24, 2.45) is 5.92 Å². The van der Waals surface area contributed by atoms with Crippen molar-refractivity contribution in [2.75, 3.05) is 0 Å². The summed E-state index contributed by atoms with van der Waals surface area (Å²) in [6, 6.07) is 9.34. The number of rotatable bonds is 7. The van der Waals surface area contributed by atoms with Gasteiger partial charge < -0.3 is 4.74 Å². The third-order valence-corrected chi connectivity index (χ3v) is 2.86. The summed E-state index contributed by atoms with van der Waals surface area (Å²) in [6.45, 7) is 2.94. The average molecular weight is 262 g/mol. The summed E-state index contributed by atoms with van der Waals surface area (Å²) in [4.78, 5) is 33.9. The third kappa shape index (κ3) is 5.46.